The van der Waals surface area contributed by atoms with Gasteiger partial charge in [0.25, 0.3) is 0 Å². The van der Waals surface area contributed by atoms with Gasteiger partial charge in [0.2, 0.25) is 23.6 Å². The smallest absolute Gasteiger partial charge is 0.335 e. The summed E-state index contributed by atoms with van der Waals surface area (Å²) < 4.78 is 0. The fraction of sp³-hybridized carbons (Fsp3) is 0.447. The van der Waals surface area contributed by atoms with Gasteiger partial charge >= 0.3 is 5.97 Å². The third kappa shape index (κ3) is 6.66. The number of primary amides is 1. The maximum absolute atomic E-state index is 14.8. The van der Waals surface area contributed by atoms with Crippen LogP contribution in [0.2, 0.25) is 0 Å². The molecule has 10 heteroatoms. The number of likely N-dealkylation sites (tertiary alicyclic amines) is 1. The molecule has 2 heterocycles. The van der Waals surface area contributed by atoms with Crippen molar-refractivity contribution in [2.45, 2.75) is 71.3 Å². The van der Waals surface area contributed by atoms with Gasteiger partial charge < -0.3 is 26.0 Å². The topological polar surface area (TPSA) is 150 Å². The lowest BCUT2D eigenvalue weighted by Crippen LogP contribution is -2.58. The molecule has 254 valence electrons. The van der Waals surface area contributed by atoms with Crippen LogP contribution in [-0.4, -0.2) is 76.7 Å². The lowest BCUT2D eigenvalue weighted by molar-refractivity contribution is -0.145. The van der Waals surface area contributed by atoms with E-state index in [0.29, 0.717) is 39.0 Å². The SMILES string of the molecule is CC(=O)N[C@@H](CCC(N)=O)C(=O)N1CCC(C(=O)N2CC=C3C(C)(C)C(c4ccc(C(=O)O)cc4)=CC[C@]3(C)C2)(c2ccccc2)CC1. The van der Waals surface area contributed by atoms with Gasteiger partial charge in [-0.25, -0.2) is 4.79 Å². The predicted octanol–water partition coefficient (Wildman–Crippen LogP) is 4.30. The largest absolute Gasteiger partial charge is 0.478 e. The molecule has 3 aliphatic rings. The van der Waals surface area contributed by atoms with Crippen LogP contribution in [0, 0.1) is 10.8 Å². The lowest BCUT2D eigenvalue weighted by atomic mass is 9.58. The number of hydrogen-bond acceptors (Lipinski definition) is 5. The van der Waals surface area contributed by atoms with Crippen LogP contribution in [0.3, 0.4) is 0 Å². The first-order chi connectivity index (χ1) is 22.7. The van der Waals surface area contributed by atoms with Crippen molar-refractivity contribution in [3.05, 3.63) is 89.0 Å². The first-order valence-electron chi connectivity index (χ1n) is 16.6. The summed E-state index contributed by atoms with van der Waals surface area (Å²) in [5.41, 5.74) is 8.47. The number of amides is 4. The van der Waals surface area contributed by atoms with Crippen molar-refractivity contribution in [2.75, 3.05) is 26.2 Å². The molecule has 48 heavy (non-hydrogen) atoms. The second-order valence-electron chi connectivity index (χ2n) is 14.2. The molecule has 5 rings (SSSR count). The summed E-state index contributed by atoms with van der Waals surface area (Å²) >= 11 is 0. The van der Waals surface area contributed by atoms with E-state index in [0.717, 1.165) is 23.1 Å². The van der Waals surface area contributed by atoms with E-state index >= 15 is 0 Å². The zero-order valence-electron chi connectivity index (χ0n) is 28.3. The van der Waals surface area contributed by atoms with E-state index in [9.17, 15) is 29.1 Å². The highest BCUT2D eigenvalue weighted by molar-refractivity contribution is 5.91. The summed E-state index contributed by atoms with van der Waals surface area (Å²) in [4.78, 5) is 66.7. The number of carboxylic acid groups (broad SMARTS) is 1. The molecule has 0 spiro atoms. The number of nitrogens with one attached hydrogen (secondary N) is 1. The molecule has 2 aromatic carbocycles. The van der Waals surface area contributed by atoms with Gasteiger partial charge in [0.1, 0.15) is 6.04 Å². The molecule has 0 saturated carbocycles. The number of benzene rings is 2. The van der Waals surface area contributed by atoms with Gasteiger partial charge in [0.15, 0.2) is 0 Å². The molecule has 1 saturated heterocycles. The molecule has 0 bridgehead atoms. The van der Waals surface area contributed by atoms with E-state index in [1.807, 2.05) is 47.4 Å². The van der Waals surface area contributed by atoms with Crippen molar-refractivity contribution < 1.29 is 29.1 Å². The zero-order valence-corrected chi connectivity index (χ0v) is 28.3. The van der Waals surface area contributed by atoms with Gasteiger partial charge in [-0.05, 0) is 54.5 Å². The molecule has 2 aromatic rings. The highest BCUT2D eigenvalue weighted by atomic mass is 16.4. The van der Waals surface area contributed by atoms with Crippen LogP contribution in [0.1, 0.15) is 81.3 Å². The number of nitrogens with two attached hydrogens (primary N) is 1. The van der Waals surface area contributed by atoms with Crippen LogP contribution >= 0.6 is 0 Å². The third-order valence-corrected chi connectivity index (χ3v) is 10.6. The lowest BCUT2D eigenvalue weighted by Gasteiger charge is -2.52. The number of nitrogens with zero attached hydrogens (tertiary/aromatic N) is 2. The van der Waals surface area contributed by atoms with Crippen molar-refractivity contribution in [3.63, 3.8) is 0 Å². The highest BCUT2D eigenvalue weighted by Gasteiger charge is 2.51. The maximum atomic E-state index is 14.8. The van der Waals surface area contributed by atoms with Crippen molar-refractivity contribution in [3.8, 4) is 0 Å². The molecule has 0 unspecified atom stereocenters. The molecule has 0 radical (unpaired) electrons. The number of carbonyl (C=O) groups is 5. The number of allylic oxidation sites excluding steroid dienone is 2. The van der Waals surface area contributed by atoms with Gasteiger partial charge in [-0.1, -0.05) is 81.0 Å². The quantitative estimate of drug-likeness (QED) is 0.343. The Morgan fingerprint density at radius 1 is 0.917 bits per heavy atom. The zero-order chi connectivity index (χ0) is 34.9. The van der Waals surface area contributed by atoms with Crippen molar-refractivity contribution in [1.82, 2.24) is 15.1 Å². The second kappa shape index (κ2) is 13.4. The first kappa shape index (κ1) is 34.6. The minimum absolute atomic E-state index is 0.0231. The molecule has 2 atom stereocenters. The number of carboxylic acids is 1. The molecule has 2 aliphatic heterocycles. The fourth-order valence-corrected chi connectivity index (χ4v) is 8.16. The Bertz CT molecular complexity index is 1650. The Labute approximate surface area is 282 Å². The van der Waals surface area contributed by atoms with Crippen molar-refractivity contribution >= 4 is 35.2 Å². The van der Waals surface area contributed by atoms with Crippen molar-refractivity contribution in [2.24, 2.45) is 16.6 Å². The number of carbonyl (C=O) groups excluding carboxylic acids is 4. The molecule has 1 fully saturated rings. The highest BCUT2D eigenvalue weighted by Crippen LogP contribution is 2.55. The van der Waals surface area contributed by atoms with Gasteiger partial charge in [-0.3, -0.25) is 19.2 Å². The number of aromatic carboxylic acids is 1. The predicted molar refractivity (Wildman–Crippen MR) is 183 cm³/mol. The standard InChI is InChI=1S/C38H46N4O6/c1-25(43)40-30(14-15-32(39)44)33(45)41-22-19-38(20-23-41,28-8-6-5-7-9-28)35(48)42-21-17-31-36(2,3)29(16-18-37(31,4)24-42)26-10-12-27(13-11-26)34(46)47/h5-13,16-17,30H,14-15,18-24H2,1-4H3,(H2,39,44)(H,40,43)(H,46,47)/t30-,37+/m0/s1. The summed E-state index contributed by atoms with van der Waals surface area (Å²) in [6.45, 7) is 9.62. The normalized spacial score (nSPS) is 22.0. The second-order valence-corrected chi connectivity index (χ2v) is 14.2. The van der Waals surface area contributed by atoms with E-state index in [4.69, 9.17) is 5.73 Å². The molecule has 4 amide bonds. The van der Waals surface area contributed by atoms with Gasteiger partial charge in [0, 0.05) is 50.4 Å². The maximum Gasteiger partial charge on any atom is 0.335 e. The Morgan fingerprint density at radius 2 is 1.56 bits per heavy atom. The Kier molecular flexibility index (Phi) is 9.67. The van der Waals surface area contributed by atoms with Crippen LogP contribution in [0.4, 0.5) is 0 Å². The van der Waals surface area contributed by atoms with Gasteiger partial charge in [-0.2, -0.15) is 0 Å². The molecule has 1 aliphatic carbocycles. The van der Waals surface area contributed by atoms with E-state index in [1.165, 1.54) is 12.5 Å². The molecule has 10 nitrogen and oxygen atoms in total. The first-order valence-corrected chi connectivity index (χ1v) is 16.6. The summed E-state index contributed by atoms with van der Waals surface area (Å²) in [5.74, 6) is -2.09. The van der Waals surface area contributed by atoms with Crippen molar-refractivity contribution in [1.29, 1.82) is 0 Å². The number of piperidine rings is 1. The summed E-state index contributed by atoms with van der Waals surface area (Å²) in [6, 6.07) is 15.9. The number of rotatable bonds is 9. The summed E-state index contributed by atoms with van der Waals surface area (Å²) in [6.07, 6.45) is 6.12. The monoisotopic (exact) mass is 654 g/mol. The molecule has 0 aromatic heterocycles. The average molecular weight is 655 g/mol. The minimum atomic E-state index is -0.953. The Balaban J connectivity index is 1.38. The van der Waals surface area contributed by atoms with Gasteiger partial charge in [0.05, 0.1) is 11.0 Å². The van der Waals surface area contributed by atoms with Gasteiger partial charge in [-0.15, -0.1) is 0 Å². The fourth-order valence-electron chi connectivity index (χ4n) is 8.16. The van der Waals surface area contributed by atoms with E-state index in [-0.39, 0.29) is 47.0 Å². The number of hydrogen-bond donors (Lipinski definition) is 3. The summed E-state index contributed by atoms with van der Waals surface area (Å²) in [5, 5.41) is 12.0. The Hall–Kier alpha value is -4.73. The molecular formula is C38H46N4O6. The van der Waals surface area contributed by atoms with E-state index in [1.54, 1.807) is 17.0 Å². The van der Waals surface area contributed by atoms with Crippen LogP contribution in [0.5, 0.6) is 0 Å². The number of fused-ring (bicyclic) bond motifs is 1. The third-order valence-electron chi connectivity index (χ3n) is 10.6. The minimum Gasteiger partial charge on any atom is -0.478 e. The van der Waals surface area contributed by atoms with E-state index < -0.39 is 23.3 Å². The van der Waals surface area contributed by atoms with E-state index in [2.05, 4.69) is 38.2 Å². The van der Waals surface area contributed by atoms with Crippen LogP contribution in [-0.2, 0) is 24.6 Å². The molecular weight excluding hydrogens is 608 g/mol. The Morgan fingerprint density at radius 3 is 2.15 bits per heavy atom. The average Bonchev–Trinajstić information content (AvgIpc) is 3.05. The van der Waals surface area contributed by atoms with Crippen LogP contribution < -0.4 is 11.1 Å². The van der Waals surface area contributed by atoms with Crippen LogP contribution in [0.25, 0.3) is 5.57 Å². The summed E-state index contributed by atoms with van der Waals surface area (Å²) in [7, 11) is 0. The molecule has 4 N–H and O–H groups in total. The van der Waals surface area contributed by atoms with Crippen LogP contribution in [0.15, 0.2) is 72.3 Å².